The quantitative estimate of drug-likeness (QED) is 0.825. The van der Waals surface area contributed by atoms with Gasteiger partial charge < -0.3 is 10.1 Å². The fraction of sp³-hybridized carbons (Fsp3) is 0.400. The van der Waals surface area contributed by atoms with E-state index < -0.39 is 12.1 Å². The van der Waals surface area contributed by atoms with E-state index in [4.69, 9.17) is 4.74 Å². The molecule has 2 atom stereocenters. The van der Waals surface area contributed by atoms with Crippen LogP contribution >= 0.6 is 0 Å². The van der Waals surface area contributed by atoms with Crippen LogP contribution < -0.4 is 10.6 Å². The van der Waals surface area contributed by atoms with Gasteiger partial charge in [0, 0.05) is 12.0 Å². The summed E-state index contributed by atoms with van der Waals surface area (Å²) in [6.07, 6.45) is 2.93. The molecule has 7 nitrogen and oxygen atoms in total. The molecular weight excluding hydrogens is 284 g/mol. The predicted molar refractivity (Wildman–Crippen MR) is 78.0 cm³/mol. The van der Waals surface area contributed by atoms with Gasteiger partial charge in [-0.2, -0.15) is 5.10 Å². The van der Waals surface area contributed by atoms with E-state index in [1.807, 2.05) is 28.9 Å². The number of para-hydroxylation sites is 1. The van der Waals surface area contributed by atoms with Gasteiger partial charge >= 0.3 is 6.03 Å². The van der Waals surface area contributed by atoms with E-state index in [1.165, 1.54) is 0 Å². The number of urea groups is 1. The molecular formula is C15H16N4O3. The number of nitrogens with zero attached hydrogens (tertiary/aromatic N) is 2. The highest BCUT2D eigenvalue weighted by Gasteiger charge is 2.35. The summed E-state index contributed by atoms with van der Waals surface area (Å²) in [5, 5.41) is 10.3. The Morgan fingerprint density at radius 3 is 2.82 bits per heavy atom. The summed E-state index contributed by atoms with van der Waals surface area (Å²) in [5.74, 6) is -0.370. The number of carbonyl (C=O) groups is 2. The number of fused-ring (bicyclic) bond motifs is 1. The van der Waals surface area contributed by atoms with E-state index in [2.05, 4.69) is 15.7 Å². The topological polar surface area (TPSA) is 85.2 Å². The number of nitrogens with one attached hydrogen (secondary N) is 2. The van der Waals surface area contributed by atoms with Crippen LogP contribution in [-0.2, 0) is 9.53 Å². The summed E-state index contributed by atoms with van der Waals surface area (Å²) < 4.78 is 7.64. The van der Waals surface area contributed by atoms with Crippen molar-refractivity contribution < 1.29 is 14.3 Å². The van der Waals surface area contributed by atoms with Crippen molar-refractivity contribution in [3.8, 4) is 0 Å². The zero-order chi connectivity index (χ0) is 15.1. The molecule has 3 amide bonds. The van der Waals surface area contributed by atoms with E-state index >= 15 is 0 Å². The molecule has 0 bridgehead atoms. The molecule has 0 unspecified atom stereocenters. The first-order chi connectivity index (χ1) is 10.7. The number of imide groups is 1. The second-order valence-electron chi connectivity index (χ2n) is 5.56. The summed E-state index contributed by atoms with van der Waals surface area (Å²) in [5.41, 5.74) is 1.48. The molecule has 2 fully saturated rings. The second kappa shape index (κ2) is 5.10. The normalized spacial score (nSPS) is 25.3. The number of hydrogen-bond donors (Lipinski definition) is 2. The van der Waals surface area contributed by atoms with Crippen molar-refractivity contribution in [1.29, 1.82) is 0 Å². The Morgan fingerprint density at radius 2 is 2.09 bits per heavy atom. The lowest BCUT2D eigenvalue weighted by atomic mass is 10.1. The zero-order valence-electron chi connectivity index (χ0n) is 11.9. The van der Waals surface area contributed by atoms with Crippen molar-refractivity contribution in [1.82, 2.24) is 20.4 Å². The van der Waals surface area contributed by atoms with E-state index in [9.17, 15) is 9.59 Å². The molecule has 2 aliphatic rings. The Balaban J connectivity index is 1.82. The van der Waals surface area contributed by atoms with Gasteiger partial charge in [0.25, 0.3) is 5.91 Å². The summed E-state index contributed by atoms with van der Waals surface area (Å²) in [6, 6.07) is 6.46. The number of rotatable bonds is 2. The van der Waals surface area contributed by atoms with E-state index in [0.29, 0.717) is 5.69 Å². The lowest BCUT2D eigenvalue weighted by Gasteiger charge is -2.23. The van der Waals surface area contributed by atoms with Crippen LogP contribution in [0.25, 0.3) is 10.9 Å². The van der Waals surface area contributed by atoms with Crippen LogP contribution in [0, 0.1) is 0 Å². The van der Waals surface area contributed by atoms with Gasteiger partial charge in [0.05, 0.1) is 5.52 Å². The summed E-state index contributed by atoms with van der Waals surface area (Å²) in [4.78, 5) is 23.3. The molecule has 1 aromatic carbocycles. The first-order valence-electron chi connectivity index (χ1n) is 7.44. The van der Waals surface area contributed by atoms with Crippen molar-refractivity contribution in [2.75, 3.05) is 6.61 Å². The zero-order valence-corrected chi connectivity index (χ0v) is 11.9. The fourth-order valence-corrected chi connectivity index (χ4v) is 3.07. The molecule has 7 heteroatoms. The van der Waals surface area contributed by atoms with Crippen molar-refractivity contribution >= 4 is 22.8 Å². The number of carbonyl (C=O) groups excluding carboxylic acids is 2. The molecule has 0 saturated carbocycles. The van der Waals surface area contributed by atoms with Crippen LogP contribution in [0.2, 0.25) is 0 Å². The monoisotopic (exact) mass is 300 g/mol. The highest BCUT2D eigenvalue weighted by molar-refractivity contribution is 6.06. The Bertz CT molecular complexity index is 748. The highest BCUT2D eigenvalue weighted by Crippen LogP contribution is 2.31. The second-order valence-corrected chi connectivity index (χ2v) is 5.56. The minimum atomic E-state index is -0.748. The third-order valence-corrected chi connectivity index (χ3v) is 4.12. The van der Waals surface area contributed by atoms with Gasteiger partial charge in [-0.15, -0.1) is 0 Å². The number of ether oxygens (including phenoxy) is 1. The van der Waals surface area contributed by atoms with Crippen LogP contribution in [-0.4, -0.2) is 28.3 Å². The summed E-state index contributed by atoms with van der Waals surface area (Å²) in [6.45, 7) is 0.717. The molecule has 22 heavy (non-hydrogen) atoms. The Labute approximate surface area is 126 Å². The molecule has 1 aromatic heterocycles. The maximum atomic E-state index is 11.9. The number of hydrogen-bond acceptors (Lipinski definition) is 4. The van der Waals surface area contributed by atoms with Gasteiger partial charge in [-0.05, 0) is 25.3 Å². The largest absolute Gasteiger partial charge is 0.356 e. The minimum absolute atomic E-state index is 0.118. The molecule has 2 aliphatic heterocycles. The van der Waals surface area contributed by atoms with Gasteiger partial charge in [0.2, 0.25) is 0 Å². The standard InChI is InChI=1S/C15H16N4O3/c20-14-13(16-15(21)17-14)12-9-5-1-2-6-10(9)19(18-12)11-7-3-4-8-22-11/h1-2,5-6,11,13H,3-4,7-8H2,(H2,16,17,20,21)/t11-,13-/m1/s1. The average molecular weight is 300 g/mol. The van der Waals surface area contributed by atoms with Crippen LogP contribution in [0.4, 0.5) is 4.79 Å². The molecule has 4 rings (SSSR count). The number of aromatic nitrogens is 2. The third-order valence-electron chi connectivity index (χ3n) is 4.12. The molecule has 0 radical (unpaired) electrons. The Kier molecular flexibility index (Phi) is 3.07. The van der Waals surface area contributed by atoms with Gasteiger partial charge in [0.15, 0.2) is 12.3 Å². The third kappa shape index (κ3) is 2.05. The average Bonchev–Trinajstić information content (AvgIpc) is 3.08. The van der Waals surface area contributed by atoms with Crippen molar-refractivity contribution in [3.63, 3.8) is 0 Å². The van der Waals surface area contributed by atoms with Crippen molar-refractivity contribution in [3.05, 3.63) is 30.0 Å². The molecule has 2 N–H and O–H groups in total. The molecule has 114 valence electrons. The van der Waals surface area contributed by atoms with Crippen LogP contribution in [0.1, 0.15) is 37.2 Å². The first-order valence-corrected chi connectivity index (χ1v) is 7.44. The Morgan fingerprint density at radius 1 is 1.23 bits per heavy atom. The minimum Gasteiger partial charge on any atom is -0.356 e. The van der Waals surface area contributed by atoms with E-state index in [0.717, 1.165) is 36.8 Å². The first kappa shape index (κ1) is 13.3. The number of amides is 3. The van der Waals surface area contributed by atoms with Gasteiger partial charge in [-0.1, -0.05) is 18.2 Å². The maximum Gasteiger partial charge on any atom is 0.322 e. The van der Waals surface area contributed by atoms with Gasteiger partial charge in [-0.3, -0.25) is 10.1 Å². The lowest BCUT2D eigenvalue weighted by molar-refractivity contribution is -0.120. The van der Waals surface area contributed by atoms with Crippen LogP contribution in [0.3, 0.4) is 0 Å². The molecule has 2 saturated heterocycles. The van der Waals surface area contributed by atoms with E-state index in [-0.39, 0.29) is 12.1 Å². The highest BCUT2D eigenvalue weighted by atomic mass is 16.5. The van der Waals surface area contributed by atoms with Gasteiger partial charge in [0.1, 0.15) is 5.69 Å². The molecule has 0 aliphatic carbocycles. The maximum absolute atomic E-state index is 11.9. The van der Waals surface area contributed by atoms with E-state index in [1.54, 1.807) is 0 Å². The molecule has 0 spiro atoms. The van der Waals surface area contributed by atoms with Gasteiger partial charge in [-0.25, -0.2) is 9.48 Å². The summed E-state index contributed by atoms with van der Waals surface area (Å²) >= 11 is 0. The fourth-order valence-electron chi connectivity index (χ4n) is 3.07. The molecule has 2 aromatic rings. The van der Waals surface area contributed by atoms with Crippen molar-refractivity contribution in [2.24, 2.45) is 0 Å². The molecule has 3 heterocycles. The van der Waals surface area contributed by atoms with Crippen molar-refractivity contribution in [2.45, 2.75) is 31.5 Å². The smallest absolute Gasteiger partial charge is 0.322 e. The predicted octanol–water partition coefficient (Wildman–Crippen LogP) is 1.62. The number of benzene rings is 1. The Hall–Kier alpha value is -2.41. The lowest BCUT2D eigenvalue weighted by Crippen LogP contribution is -2.22. The SMILES string of the molecule is O=C1NC(=O)[C@@H](c2nn([C@H]3CCCCO3)c3ccccc23)N1. The van der Waals surface area contributed by atoms with Crippen LogP contribution in [0.5, 0.6) is 0 Å². The summed E-state index contributed by atoms with van der Waals surface area (Å²) in [7, 11) is 0. The van der Waals surface area contributed by atoms with Crippen LogP contribution in [0.15, 0.2) is 24.3 Å².